The number of carbonyl (C=O) groups is 1. The van der Waals surface area contributed by atoms with Gasteiger partial charge >= 0.3 is 0 Å². The lowest BCUT2D eigenvalue weighted by Crippen LogP contribution is -2.53. The van der Waals surface area contributed by atoms with Crippen molar-refractivity contribution in [2.45, 2.75) is 6.10 Å². The number of carbonyl (C=O) groups excluding carboxylic acids is 1. The summed E-state index contributed by atoms with van der Waals surface area (Å²) < 4.78 is 13.2. The molecule has 1 amide bonds. The molecule has 1 aliphatic heterocycles. The monoisotopic (exact) mass is 211 g/mol. The molecular formula is C10H10FNO3. The van der Waals surface area contributed by atoms with Crippen LogP contribution >= 0.6 is 0 Å². The lowest BCUT2D eigenvalue weighted by Gasteiger charge is -2.35. The van der Waals surface area contributed by atoms with Gasteiger partial charge < -0.3 is 15.1 Å². The fourth-order valence-corrected chi connectivity index (χ4v) is 1.50. The Morgan fingerprint density at radius 3 is 2.67 bits per heavy atom. The molecule has 1 aromatic rings. The predicted molar refractivity (Wildman–Crippen MR) is 50.0 cm³/mol. The summed E-state index contributed by atoms with van der Waals surface area (Å²) in [7, 11) is 0. The third-order valence-electron chi connectivity index (χ3n) is 2.35. The number of rotatable bonds is 1. The molecule has 0 aromatic heterocycles. The van der Waals surface area contributed by atoms with E-state index in [1.54, 1.807) is 0 Å². The number of nitrogens with zero attached hydrogens (tertiary/aromatic N) is 1. The minimum Gasteiger partial charge on any atom is -0.507 e. The summed E-state index contributed by atoms with van der Waals surface area (Å²) in [5, 5.41) is 18.3. The van der Waals surface area contributed by atoms with Gasteiger partial charge in [-0.2, -0.15) is 0 Å². The zero-order valence-electron chi connectivity index (χ0n) is 7.85. The zero-order valence-corrected chi connectivity index (χ0v) is 7.85. The van der Waals surface area contributed by atoms with Crippen molar-refractivity contribution in [2.75, 3.05) is 13.1 Å². The van der Waals surface area contributed by atoms with E-state index in [0.717, 1.165) is 6.07 Å². The highest BCUT2D eigenvalue weighted by Crippen LogP contribution is 2.23. The first kappa shape index (κ1) is 9.92. The maximum atomic E-state index is 13.2. The molecule has 1 saturated heterocycles. The van der Waals surface area contributed by atoms with Crippen molar-refractivity contribution in [2.24, 2.45) is 0 Å². The lowest BCUT2D eigenvalue weighted by atomic mass is 10.1. The van der Waals surface area contributed by atoms with Gasteiger partial charge in [-0.3, -0.25) is 4.79 Å². The standard InChI is InChI=1S/C10H10FNO3/c11-7-2-1-3-8(14)9(7)10(15)12-4-6(13)5-12/h1-3,6,13-14H,4-5H2. The molecule has 0 radical (unpaired) electrons. The van der Waals surface area contributed by atoms with Crippen molar-refractivity contribution in [3.05, 3.63) is 29.6 Å². The van der Waals surface area contributed by atoms with Gasteiger partial charge in [0, 0.05) is 13.1 Å². The van der Waals surface area contributed by atoms with E-state index in [1.807, 2.05) is 0 Å². The highest BCUT2D eigenvalue weighted by Gasteiger charge is 2.32. The molecule has 4 nitrogen and oxygen atoms in total. The molecule has 0 spiro atoms. The highest BCUT2D eigenvalue weighted by atomic mass is 19.1. The van der Waals surface area contributed by atoms with Crippen molar-refractivity contribution in [3.8, 4) is 5.75 Å². The topological polar surface area (TPSA) is 60.8 Å². The molecular weight excluding hydrogens is 201 g/mol. The Labute approximate surface area is 85.6 Å². The Morgan fingerprint density at radius 2 is 2.13 bits per heavy atom. The Kier molecular flexibility index (Phi) is 2.32. The first-order valence-electron chi connectivity index (χ1n) is 4.54. The number of hydrogen-bond donors (Lipinski definition) is 2. The van der Waals surface area contributed by atoms with Crippen molar-refractivity contribution in [1.29, 1.82) is 0 Å². The quantitative estimate of drug-likeness (QED) is 0.704. The Bertz CT molecular complexity index is 381. The summed E-state index contributed by atoms with van der Waals surface area (Å²) in [6, 6.07) is 3.70. The number of aliphatic hydroxyl groups is 1. The molecule has 15 heavy (non-hydrogen) atoms. The fourth-order valence-electron chi connectivity index (χ4n) is 1.50. The van der Waals surface area contributed by atoms with Gasteiger partial charge in [0.25, 0.3) is 5.91 Å². The van der Waals surface area contributed by atoms with Gasteiger partial charge in [-0.05, 0) is 12.1 Å². The number of hydrogen-bond acceptors (Lipinski definition) is 3. The van der Waals surface area contributed by atoms with Crippen LogP contribution in [-0.4, -0.2) is 40.2 Å². The zero-order chi connectivity index (χ0) is 11.0. The number of likely N-dealkylation sites (tertiary alicyclic amines) is 1. The minimum absolute atomic E-state index is 0.187. The van der Waals surface area contributed by atoms with E-state index in [4.69, 9.17) is 5.11 Å². The second-order valence-electron chi connectivity index (χ2n) is 3.50. The first-order valence-corrected chi connectivity index (χ1v) is 4.54. The number of halogens is 1. The van der Waals surface area contributed by atoms with Crippen LogP contribution in [0.3, 0.4) is 0 Å². The summed E-state index contributed by atoms with van der Waals surface area (Å²) >= 11 is 0. The summed E-state index contributed by atoms with van der Waals surface area (Å²) in [5.41, 5.74) is -0.329. The normalized spacial score (nSPS) is 16.3. The van der Waals surface area contributed by atoms with Crippen molar-refractivity contribution in [3.63, 3.8) is 0 Å². The molecule has 0 unspecified atom stereocenters. The first-order chi connectivity index (χ1) is 7.09. The average molecular weight is 211 g/mol. The summed E-state index contributed by atoms with van der Waals surface area (Å²) in [6.45, 7) is 0.374. The van der Waals surface area contributed by atoms with Crippen LogP contribution in [0.5, 0.6) is 5.75 Å². The van der Waals surface area contributed by atoms with Crippen molar-refractivity contribution >= 4 is 5.91 Å². The molecule has 1 fully saturated rings. The average Bonchev–Trinajstić information content (AvgIpc) is 2.12. The lowest BCUT2D eigenvalue weighted by molar-refractivity contribution is 0.00539. The van der Waals surface area contributed by atoms with E-state index in [-0.39, 0.29) is 24.4 Å². The van der Waals surface area contributed by atoms with E-state index >= 15 is 0 Å². The largest absolute Gasteiger partial charge is 0.507 e. The number of phenolic OH excluding ortho intramolecular Hbond substituents is 1. The van der Waals surface area contributed by atoms with Crippen LogP contribution in [0.1, 0.15) is 10.4 Å². The Hall–Kier alpha value is -1.62. The number of benzene rings is 1. The van der Waals surface area contributed by atoms with Crippen LogP contribution in [-0.2, 0) is 0 Å². The molecule has 1 aliphatic rings. The maximum absolute atomic E-state index is 13.2. The third-order valence-corrected chi connectivity index (χ3v) is 2.35. The molecule has 0 aliphatic carbocycles. The molecule has 0 atom stereocenters. The Balaban J connectivity index is 2.26. The summed E-state index contributed by atoms with van der Waals surface area (Å²) in [6.07, 6.45) is -0.539. The SMILES string of the molecule is O=C(c1c(O)cccc1F)N1CC(O)C1. The van der Waals surface area contributed by atoms with Gasteiger partial charge in [-0.15, -0.1) is 0 Å². The number of phenols is 1. The minimum atomic E-state index is -0.749. The van der Waals surface area contributed by atoms with Gasteiger partial charge in [0.2, 0.25) is 0 Å². The second-order valence-corrected chi connectivity index (χ2v) is 3.50. The summed E-state index contributed by atoms with van der Waals surface area (Å²) in [5.74, 6) is -1.71. The van der Waals surface area contributed by atoms with E-state index in [1.165, 1.54) is 17.0 Å². The molecule has 0 bridgehead atoms. The molecule has 2 rings (SSSR count). The molecule has 0 saturated carbocycles. The maximum Gasteiger partial charge on any atom is 0.260 e. The van der Waals surface area contributed by atoms with Gasteiger partial charge in [-0.1, -0.05) is 6.07 Å². The number of aliphatic hydroxyl groups excluding tert-OH is 1. The van der Waals surface area contributed by atoms with Gasteiger partial charge in [-0.25, -0.2) is 4.39 Å². The molecule has 1 aromatic carbocycles. The molecule has 80 valence electrons. The Morgan fingerprint density at radius 1 is 1.47 bits per heavy atom. The van der Waals surface area contributed by atoms with Crippen LogP contribution in [0.15, 0.2) is 18.2 Å². The van der Waals surface area contributed by atoms with Crippen molar-refractivity contribution < 1.29 is 19.4 Å². The van der Waals surface area contributed by atoms with Crippen LogP contribution in [0, 0.1) is 5.82 Å². The number of amides is 1. The second kappa shape index (κ2) is 3.51. The summed E-state index contributed by atoms with van der Waals surface area (Å²) in [4.78, 5) is 12.9. The smallest absolute Gasteiger partial charge is 0.260 e. The highest BCUT2D eigenvalue weighted by molar-refractivity contribution is 5.97. The van der Waals surface area contributed by atoms with Crippen LogP contribution in [0.4, 0.5) is 4.39 Å². The van der Waals surface area contributed by atoms with E-state index in [9.17, 15) is 14.3 Å². The van der Waals surface area contributed by atoms with Crippen LogP contribution < -0.4 is 0 Å². The predicted octanol–water partition coefficient (Wildman–Crippen LogP) is 0.348. The van der Waals surface area contributed by atoms with Gasteiger partial charge in [0.05, 0.1) is 6.10 Å². The van der Waals surface area contributed by atoms with Crippen LogP contribution in [0.2, 0.25) is 0 Å². The van der Waals surface area contributed by atoms with E-state index in [0.29, 0.717) is 0 Å². The molecule has 2 N–H and O–H groups in total. The van der Waals surface area contributed by atoms with Gasteiger partial charge in [0.15, 0.2) is 0 Å². The molecule has 5 heteroatoms. The number of aromatic hydroxyl groups is 1. The molecule has 1 heterocycles. The van der Waals surface area contributed by atoms with E-state index < -0.39 is 17.8 Å². The van der Waals surface area contributed by atoms with Crippen molar-refractivity contribution in [1.82, 2.24) is 4.90 Å². The van der Waals surface area contributed by atoms with Gasteiger partial charge in [0.1, 0.15) is 17.1 Å². The fraction of sp³-hybridized carbons (Fsp3) is 0.300. The number of β-amino-alcohol motifs (C(OH)–C–C–N with tert-alkyl or cyclic N) is 1. The third kappa shape index (κ3) is 1.66. The van der Waals surface area contributed by atoms with E-state index in [2.05, 4.69) is 0 Å². The van der Waals surface area contributed by atoms with Crippen LogP contribution in [0.25, 0.3) is 0 Å².